The largest absolute Gasteiger partial charge is 0.409 e. The summed E-state index contributed by atoms with van der Waals surface area (Å²) in [6.07, 6.45) is 0. The number of carbonyl (C=O) groups excluding carboxylic acids is 1. The standard InChI is InChI=1S/C13H16ClIN4O2/c14-9-1-2-11(15)10(7-9)13(20)19-5-3-18(4-6-19)8-12(16)17-21/h1-2,7,21H,3-6,8H2,(H2,16,17). The number of amides is 1. The van der Waals surface area contributed by atoms with Crippen LogP contribution in [0.2, 0.25) is 5.02 Å². The zero-order chi connectivity index (χ0) is 15.4. The maximum atomic E-state index is 12.5. The molecule has 0 unspecified atom stereocenters. The van der Waals surface area contributed by atoms with Crippen LogP contribution in [-0.2, 0) is 0 Å². The first-order valence-electron chi connectivity index (χ1n) is 6.44. The van der Waals surface area contributed by atoms with Crippen molar-refractivity contribution in [2.75, 3.05) is 32.7 Å². The average molecular weight is 423 g/mol. The molecule has 0 atom stereocenters. The third-order valence-corrected chi connectivity index (χ3v) is 4.51. The molecule has 0 spiro atoms. The summed E-state index contributed by atoms with van der Waals surface area (Å²) in [6.45, 7) is 3.02. The average Bonchev–Trinajstić information content (AvgIpc) is 2.49. The van der Waals surface area contributed by atoms with Gasteiger partial charge in [0.25, 0.3) is 5.91 Å². The number of nitrogens with zero attached hydrogens (tertiary/aromatic N) is 3. The third kappa shape index (κ3) is 4.21. The minimum absolute atomic E-state index is 0.00894. The molecule has 2 rings (SSSR count). The fourth-order valence-electron chi connectivity index (χ4n) is 2.20. The number of amidine groups is 1. The number of benzene rings is 1. The number of halogens is 2. The maximum Gasteiger partial charge on any atom is 0.255 e. The van der Waals surface area contributed by atoms with Crippen molar-refractivity contribution in [3.63, 3.8) is 0 Å². The van der Waals surface area contributed by atoms with Crippen LogP contribution in [0.4, 0.5) is 0 Å². The second-order valence-electron chi connectivity index (χ2n) is 4.78. The lowest BCUT2D eigenvalue weighted by molar-refractivity contribution is 0.0652. The van der Waals surface area contributed by atoms with Crippen molar-refractivity contribution < 1.29 is 10.0 Å². The zero-order valence-electron chi connectivity index (χ0n) is 11.3. The fraction of sp³-hybridized carbons (Fsp3) is 0.385. The second-order valence-corrected chi connectivity index (χ2v) is 6.38. The quantitative estimate of drug-likeness (QED) is 0.254. The highest BCUT2D eigenvalue weighted by atomic mass is 127. The molecule has 1 aliphatic heterocycles. The Labute approximate surface area is 141 Å². The summed E-state index contributed by atoms with van der Waals surface area (Å²) in [5.74, 6) is 0.171. The van der Waals surface area contributed by atoms with Crippen LogP contribution in [0.3, 0.4) is 0 Å². The summed E-state index contributed by atoms with van der Waals surface area (Å²) in [6, 6.07) is 5.31. The Morgan fingerprint density at radius 3 is 2.67 bits per heavy atom. The lowest BCUT2D eigenvalue weighted by atomic mass is 10.2. The van der Waals surface area contributed by atoms with Crippen LogP contribution < -0.4 is 5.73 Å². The molecule has 8 heteroatoms. The van der Waals surface area contributed by atoms with E-state index < -0.39 is 0 Å². The predicted molar refractivity (Wildman–Crippen MR) is 89.9 cm³/mol. The molecule has 0 aromatic heterocycles. The van der Waals surface area contributed by atoms with Gasteiger partial charge in [-0.05, 0) is 40.8 Å². The maximum absolute atomic E-state index is 12.5. The van der Waals surface area contributed by atoms with Crippen molar-refractivity contribution in [2.45, 2.75) is 0 Å². The van der Waals surface area contributed by atoms with E-state index in [0.717, 1.165) is 3.57 Å². The molecule has 1 amide bonds. The van der Waals surface area contributed by atoms with Gasteiger partial charge in [-0.2, -0.15) is 0 Å². The third-order valence-electron chi connectivity index (χ3n) is 3.33. The lowest BCUT2D eigenvalue weighted by Crippen LogP contribution is -2.50. The van der Waals surface area contributed by atoms with Crippen LogP contribution in [0.1, 0.15) is 10.4 Å². The smallest absolute Gasteiger partial charge is 0.255 e. The van der Waals surface area contributed by atoms with Gasteiger partial charge in [-0.3, -0.25) is 9.69 Å². The van der Waals surface area contributed by atoms with E-state index in [2.05, 4.69) is 27.7 Å². The highest BCUT2D eigenvalue weighted by Crippen LogP contribution is 2.20. The van der Waals surface area contributed by atoms with Gasteiger partial charge in [0.05, 0.1) is 12.1 Å². The van der Waals surface area contributed by atoms with Crippen LogP contribution in [0.25, 0.3) is 0 Å². The number of hydrogen-bond donors (Lipinski definition) is 2. The van der Waals surface area contributed by atoms with E-state index in [1.165, 1.54) is 0 Å². The van der Waals surface area contributed by atoms with E-state index in [1.807, 2.05) is 11.0 Å². The van der Waals surface area contributed by atoms with Crippen LogP contribution in [-0.4, -0.2) is 59.5 Å². The van der Waals surface area contributed by atoms with E-state index in [9.17, 15) is 4.79 Å². The Morgan fingerprint density at radius 2 is 2.05 bits per heavy atom. The molecule has 114 valence electrons. The summed E-state index contributed by atoms with van der Waals surface area (Å²) >= 11 is 8.10. The van der Waals surface area contributed by atoms with Gasteiger partial charge in [-0.15, -0.1) is 0 Å². The SMILES string of the molecule is N/C(CN1CCN(C(=O)c2cc(Cl)ccc2I)CC1)=N/O. The van der Waals surface area contributed by atoms with Crippen molar-refractivity contribution >= 4 is 45.9 Å². The number of rotatable bonds is 3. The van der Waals surface area contributed by atoms with Crippen molar-refractivity contribution in [1.82, 2.24) is 9.80 Å². The Kier molecular flexibility index (Phi) is 5.65. The van der Waals surface area contributed by atoms with Crippen LogP contribution in [0.15, 0.2) is 23.4 Å². The minimum Gasteiger partial charge on any atom is -0.409 e. The lowest BCUT2D eigenvalue weighted by Gasteiger charge is -2.34. The number of nitrogens with two attached hydrogens (primary N) is 1. The monoisotopic (exact) mass is 422 g/mol. The van der Waals surface area contributed by atoms with Crippen molar-refractivity contribution in [2.24, 2.45) is 10.9 Å². The Balaban J connectivity index is 1.99. The summed E-state index contributed by atoms with van der Waals surface area (Å²) in [5.41, 5.74) is 6.12. The molecule has 0 radical (unpaired) electrons. The van der Waals surface area contributed by atoms with Gasteiger partial charge >= 0.3 is 0 Å². The van der Waals surface area contributed by atoms with E-state index in [4.69, 9.17) is 22.5 Å². The molecule has 3 N–H and O–H groups in total. The van der Waals surface area contributed by atoms with E-state index in [-0.39, 0.29) is 11.7 Å². The van der Waals surface area contributed by atoms with E-state index >= 15 is 0 Å². The second kappa shape index (κ2) is 7.28. The van der Waals surface area contributed by atoms with Gasteiger partial charge in [0.1, 0.15) is 0 Å². The molecule has 21 heavy (non-hydrogen) atoms. The Hall–Kier alpha value is -1.06. The first-order valence-corrected chi connectivity index (χ1v) is 7.90. The molecule has 1 aliphatic rings. The zero-order valence-corrected chi connectivity index (χ0v) is 14.2. The summed E-state index contributed by atoms with van der Waals surface area (Å²) < 4.78 is 0.890. The van der Waals surface area contributed by atoms with Gasteiger partial charge in [0.2, 0.25) is 0 Å². The van der Waals surface area contributed by atoms with Crippen molar-refractivity contribution in [1.29, 1.82) is 0 Å². The molecule has 1 saturated heterocycles. The van der Waals surface area contributed by atoms with Crippen LogP contribution >= 0.6 is 34.2 Å². The molecule has 0 saturated carbocycles. The molecule has 0 bridgehead atoms. The van der Waals surface area contributed by atoms with Gasteiger partial charge in [-0.25, -0.2) is 0 Å². The summed E-state index contributed by atoms with van der Waals surface area (Å²) in [4.78, 5) is 16.4. The highest BCUT2D eigenvalue weighted by Gasteiger charge is 2.23. The van der Waals surface area contributed by atoms with Gasteiger partial charge in [0.15, 0.2) is 5.84 Å². The normalized spacial score (nSPS) is 17.0. The molecular formula is C13H16ClIN4O2. The van der Waals surface area contributed by atoms with E-state index in [1.54, 1.807) is 17.0 Å². The van der Waals surface area contributed by atoms with Gasteiger partial charge in [0, 0.05) is 34.8 Å². The van der Waals surface area contributed by atoms with Crippen LogP contribution in [0.5, 0.6) is 0 Å². The first kappa shape index (κ1) is 16.3. The van der Waals surface area contributed by atoms with Crippen molar-refractivity contribution in [3.05, 3.63) is 32.4 Å². The predicted octanol–water partition coefficient (Wildman–Crippen LogP) is 1.45. The molecule has 6 nitrogen and oxygen atoms in total. The molecule has 1 fully saturated rings. The number of carbonyl (C=O) groups is 1. The Bertz CT molecular complexity index is 559. The highest BCUT2D eigenvalue weighted by molar-refractivity contribution is 14.1. The van der Waals surface area contributed by atoms with Crippen molar-refractivity contribution in [3.8, 4) is 0 Å². The fourth-order valence-corrected chi connectivity index (χ4v) is 2.94. The van der Waals surface area contributed by atoms with Gasteiger partial charge < -0.3 is 15.8 Å². The number of hydrogen-bond acceptors (Lipinski definition) is 4. The molecule has 1 heterocycles. The topological polar surface area (TPSA) is 82.2 Å². The van der Waals surface area contributed by atoms with Crippen LogP contribution in [0, 0.1) is 3.57 Å². The number of oxime groups is 1. The summed E-state index contributed by atoms with van der Waals surface area (Å²) in [5, 5.41) is 12.1. The minimum atomic E-state index is -0.00894. The summed E-state index contributed by atoms with van der Waals surface area (Å²) in [7, 11) is 0. The number of piperazine rings is 1. The molecular weight excluding hydrogens is 407 g/mol. The molecule has 1 aromatic carbocycles. The van der Waals surface area contributed by atoms with Gasteiger partial charge in [-0.1, -0.05) is 16.8 Å². The molecule has 0 aliphatic carbocycles. The Morgan fingerprint density at radius 1 is 1.38 bits per heavy atom. The molecule has 1 aromatic rings. The first-order chi connectivity index (χ1) is 10.0. The van der Waals surface area contributed by atoms with E-state index in [0.29, 0.717) is 43.3 Å².